The second-order valence-electron chi connectivity index (χ2n) is 6.61. The average molecular weight is 295 g/mol. The first-order chi connectivity index (χ1) is 10.3. The number of aliphatic hydroxyl groups is 1. The number of anilines is 1. The maximum absolute atomic E-state index is 12.2. The summed E-state index contributed by atoms with van der Waals surface area (Å²) in [6, 6.07) is 11.8. The third-order valence-electron chi connectivity index (χ3n) is 4.57. The summed E-state index contributed by atoms with van der Waals surface area (Å²) in [5.41, 5.74) is 4.87. The molecule has 0 bridgehead atoms. The van der Waals surface area contributed by atoms with Crippen molar-refractivity contribution < 1.29 is 9.90 Å². The molecule has 0 spiro atoms. The van der Waals surface area contributed by atoms with Gasteiger partial charge >= 0.3 is 0 Å². The maximum atomic E-state index is 12.2. The van der Waals surface area contributed by atoms with Gasteiger partial charge in [-0.3, -0.25) is 4.79 Å². The summed E-state index contributed by atoms with van der Waals surface area (Å²) < 4.78 is 0. The highest BCUT2D eigenvalue weighted by molar-refractivity contribution is 6.06. The molecule has 3 heteroatoms. The van der Waals surface area contributed by atoms with Crippen molar-refractivity contribution in [2.24, 2.45) is 0 Å². The molecule has 2 aromatic rings. The minimum atomic E-state index is -0.746. The number of hydrogen-bond donors (Lipinski definition) is 2. The fourth-order valence-electron chi connectivity index (χ4n) is 3.12. The molecular weight excluding hydrogens is 274 g/mol. The lowest BCUT2D eigenvalue weighted by Gasteiger charge is -2.20. The largest absolute Gasteiger partial charge is 0.384 e. The lowest BCUT2D eigenvalue weighted by molar-refractivity contribution is -0.119. The van der Waals surface area contributed by atoms with Gasteiger partial charge in [0.05, 0.1) is 11.1 Å². The zero-order valence-corrected chi connectivity index (χ0v) is 13.4. The second-order valence-corrected chi connectivity index (χ2v) is 6.61. The van der Waals surface area contributed by atoms with Crippen LogP contribution in [-0.2, 0) is 10.2 Å². The molecule has 0 radical (unpaired) electrons. The van der Waals surface area contributed by atoms with E-state index in [2.05, 4.69) is 5.32 Å². The van der Waals surface area contributed by atoms with Gasteiger partial charge in [-0.1, -0.05) is 42.0 Å². The van der Waals surface area contributed by atoms with E-state index in [-0.39, 0.29) is 5.91 Å². The third-order valence-corrected chi connectivity index (χ3v) is 4.57. The summed E-state index contributed by atoms with van der Waals surface area (Å²) in [6.45, 7) is 7.80. The van der Waals surface area contributed by atoms with Crippen molar-refractivity contribution in [2.45, 2.75) is 39.2 Å². The minimum absolute atomic E-state index is 0.0219. The molecule has 3 rings (SSSR count). The lowest BCUT2D eigenvalue weighted by Crippen LogP contribution is -2.26. The van der Waals surface area contributed by atoms with Gasteiger partial charge in [-0.15, -0.1) is 0 Å². The number of amides is 1. The van der Waals surface area contributed by atoms with Gasteiger partial charge in [-0.2, -0.15) is 0 Å². The van der Waals surface area contributed by atoms with E-state index in [1.54, 1.807) is 0 Å². The number of carbonyl (C=O) groups excluding carboxylic acids is 1. The number of hydrogen-bond acceptors (Lipinski definition) is 2. The van der Waals surface area contributed by atoms with Gasteiger partial charge in [0, 0.05) is 5.56 Å². The minimum Gasteiger partial charge on any atom is -0.384 e. The number of benzene rings is 2. The number of fused-ring (bicyclic) bond motifs is 1. The highest BCUT2D eigenvalue weighted by Crippen LogP contribution is 2.43. The summed E-state index contributed by atoms with van der Waals surface area (Å²) in [7, 11) is 0. The van der Waals surface area contributed by atoms with Crippen LogP contribution in [0.15, 0.2) is 36.4 Å². The molecule has 1 unspecified atom stereocenters. The first kappa shape index (κ1) is 14.8. The molecule has 1 amide bonds. The number of rotatable bonds is 2. The van der Waals surface area contributed by atoms with E-state index in [4.69, 9.17) is 0 Å². The van der Waals surface area contributed by atoms with Gasteiger partial charge in [0.1, 0.15) is 6.10 Å². The summed E-state index contributed by atoms with van der Waals surface area (Å²) in [4.78, 5) is 12.2. The van der Waals surface area contributed by atoms with E-state index in [0.717, 1.165) is 33.5 Å². The van der Waals surface area contributed by atoms with E-state index in [9.17, 15) is 9.90 Å². The van der Waals surface area contributed by atoms with Crippen LogP contribution in [0.5, 0.6) is 0 Å². The Kier molecular flexibility index (Phi) is 3.33. The fraction of sp³-hybridized carbons (Fsp3) is 0.316. The first-order valence-electron chi connectivity index (χ1n) is 7.52. The molecule has 1 atom stereocenters. The Bertz CT molecular complexity index is 762. The number of nitrogens with one attached hydrogen (secondary N) is 1. The van der Waals surface area contributed by atoms with E-state index >= 15 is 0 Å². The van der Waals surface area contributed by atoms with Crippen molar-refractivity contribution in [3.05, 3.63) is 64.2 Å². The van der Waals surface area contributed by atoms with Crippen molar-refractivity contribution >= 4 is 11.6 Å². The van der Waals surface area contributed by atoms with Crippen molar-refractivity contribution in [3.8, 4) is 0 Å². The molecule has 0 saturated heterocycles. The predicted molar refractivity (Wildman–Crippen MR) is 88.1 cm³/mol. The molecule has 1 aliphatic heterocycles. The summed E-state index contributed by atoms with van der Waals surface area (Å²) in [5, 5.41) is 13.8. The first-order valence-corrected chi connectivity index (χ1v) is 7.52. The van der Waals surface area contributed by atoms with Crippen LogP contribution in [-0.4, -0.2) is 11.0 Å². The highest BCUT2D eigenvalue weighted by Gasteiger charge is 2.40. The van der Waals surface area contributed by atoms with Crippen LogP contribution >= 0.6 is 0 Å². The molecule has 1 aliphatic rings. The summed E-state index contributed by atoms with van der Waals surface area (Å²) >= 11 is 0. The Balaban J connectivity index is 2.18. The average Bonchev–Trinajstić information content (AvgIpc) is 2.69. The van der Waals surface area contributed by atoms with Gasteiger partial charge in [0.15, 0.2) is 0 Å². The molecule has 22 heavy (non-hydrogen) atoms. The predicted octanol–water partition coefficient (Wildman–Crippen LogP) is 3.61. The smallest absolute Gasteiger partial charge is 0.234 e. The van der Waals surface area contributed by atoms with Gasteiger partial charge in [0.25, 0.3) is 0 Å². The maximum Gasteiger partial charge on any atom is 0.234 e. The number of aliphatic hydroxyl groups excluding tert-OH is 1. The number of aryl methyl sites for hydroxylation is 2. The van der Waals surface area contributed by atoms with Crippen LogP contribution in [0.4, 0.5) is 5.69 Å². The van der Waals surface area contributed by atoms with Gasteiger partial charge in [0.2, 0.25) is 5.91 Å². The van der Waals surface area contributed by atoms with Crippen LogP contribution in [0.1, 0.15) is 47.8 Å². The van der Waals surface area contributed by atoms with E-state index < -0.39 is 11.5 Å². The SMILES string of the molecule is Cc1cc(C(O)c2ccccc2C)c2c(c1)C(C)(C)C(=O)N2. The van der Waals surface area contributed by atoms with Crippen LogP contribution < -0.4 is 5.32 Å². The standard InChI is InChI=1S/C19H21NO2/c1-11-9-14(17(21)13-8-6-5-7-12(13)2)16-15(10-11)19(3,4)18(22)20-16/h5-10,17,21H,1-4H3,(H,20,22). The second kappa shape index (κ2) is 4.96. The van der Waals surface area contributed by atoms with Crippen LogP contribution in [0.2, 0.25) is 0 Å². The Morgan fingerprint density at radius 1 is 1.09 bits per heavy atom. The normalized spacial score (nSPS) is 17.0. The topological polar surface area (TPSA) is 49.3 Å². The highest BCUT2D eigenvalue weighted by atomic mass is 16.3. The molecule has 114 valence electrons. The van der Waals surface area contributed by atoms with Gasteiger partial charge in [-0.25, -0.2) is 0 Å². The Morgan fingerprint density at radius 3 is 2.45 bits per heavy atom. The molecule has 2 N–H and O–H groups in total. The van der Waals surface area contributed by atoms with E-state index in [0.29, 0.717) is 0 Å². The van der Waals surface area contributed by atoms with Crippen molar-refractivity contribution in [3.63, 3.8) is 0 Å². The fourth-order valence-corrected chi connectivity index (χ4v) is 3.12. The Morgan fingerprint density at radius 2 is 1.77 bits per heavy atom. The Hall–Kier alpha value is -2.13. The monoisotopic (exact) mass is 295 g/mol. The van der Waals surface area contributed by atoms with Crippen LogP contribution in [0, 0.1) is 13.8 Å². The molecule has 1 heterocycles. The lowest BCUT2D eigenvalue weighted by atomic mass is 9.83. The molecular formula is C19H21NO2. The number of carbonyl (C=O) groups is 1. The van der Waals surface area contributed by atoms with Gasteiger partial charge in [-0.05, 0) is 44.4 Å². The van der Waals surface area contributed by atoms with Crippen LogP contribution in [0.3, 0.4) is 0 Å². The quantitative estimate of drug-likeness (QED) is 0.889. The van der Waals surface area contributed by atoms with Crippen molar-refractivity contribution in [1.82, 2.24) is 0 Å². The zero-order chi connectivity index (χ0) is 16.1. The zero-order valence-electron chi connectivity index (χ0n) is 13.4. The van der Waals surface area contributed by atoms with E-state index in [1.165, 1.54) is 0 Å². The van der Waals surface area contributed by atoms with Crippen molar-refractivity contribution in [2.75, 3.05) is 5.32 Å². The molecule has 0 fully saturated rings. The molecule has 3 nitrogen and oxygen atoms in total. The van der Waals surface area contributed by atoms with E-state index in [1.807, 2.05) is 64.1 Å². The molecule has 0 saturated carbocycles. The molecule has 0 aliphatic carbocycles. The van der Waals surface area contributed by atoms with Crippen molar-refractivity contribution in [1.29, 1.82) is 0 Å². The summed E-state index contributed by atoms with van der Waals surface area (Å²) in [6.07, 6.45) is -0.746. The van der Waals surface area contributed by atoms with Crippen LogP contribution in [0.25, 0.3) is 0 Å². The summed E-state index contributed by atoms with van der Waals surface area (Å²) in [5.74, 6) is -0.0219. The van der Waals surface area contributed by atoms with Gasteiger partial charge < -0.3 is 10.4 Å². The Labute approximate surface area is 131 Å². The third kappa shape index (κ3) is 2.13. The molecule has 0 aromatic heterocycles. The molecule has 2 aromatic carbocycles.